The van der Waals surface area contributed by atoms with Crippen molar-refractivity contribution in [1.29, 1.82) is 0 Å². The number of nitrogens with zero attached hydrogens (tertiary/aromatic N) is 2. The largest absolute Gasteiger partial charge is 0.297 e. The predicted molar refractivity (Wildman–Crippen MR) is 71.3 cm³/mol. The van der Waals surface area contributed by atoms with Gasteiger partial charge in [0.1, 0.15) is 0 Å². The smallest absolute Gasteiger partial charge is 0.273 e. The lowest BCUT2D eigenvalue weighted by molar-refractivity contribution is 0.901. The van der Waals surface area contributed by atoms with Crippen molar-refractivity contribution in [3.63, 3.8) is 0 Å². The van der Waals surface area contributed by atoms with Gasteiger partial charge in [0.25, 0.3) is 5.56 Å². The highest BCUT2D eigenvalue weighted by Crippen LogP contribution is 2.28. The van der Waals surface area contributed by atoms with E-state index in [4.69, 9.17) is 23.2 Å². The summed E-state index contributed by atoms with van der Waals surface area (Å²) in [4.78, 5) is 16.2. The maximum absolute atomic E-state index is 11.8. The molecule has 0 aliphatic heterocycles. The van der Waals surface area contributed by atoms with Crippen molar-refractivity contribution in [2.45, 2.75) is 0 Å². The van der Waals surface area contributed by atoms with Crippen LogP contribution in [0.25, 0.3) is 16.9 Å². The molecule has 3 aromatic rings. The average molecular weight is 280 g/mol. The number of fused-ring (bicyclic) bond motifs is 1. The summed E-state index contributed by atoms with van der Waals surface area (Å²) < 4.78 is 1.35. The molecule has 0 aliphatic rings. The number of aromatic nitrogens is 3. The first-order chi connectivity index (χ1) is 8.65. The zero-order chi connectivity index (χ0) is 12.7. The van der Waals surface area contributed by atoms with Gasteiger partial charge < -0.3 is 0 Å². The molecule has 2 heterocycles. The maximum atomic E-state index is 11.8. The summed E-state index contributed by atoms with van der Waals surface area (Å²) in [7, 11) is 0. The Hall–Kier alpha value is -1.78. The summed E-state index contributed by atoms with van der Waals surface area (Å²) in [6.07, 6.45) is 1.65. The zero-order valence-electron chi connectivity index (χ0n) is 9.02. The quantitative estimate of drug-likeness (QED) is 0.745. The number of nitrogens with one attached hydrogen (secondary N) is 1. The first kappa shape index (κ1) is 11.3. The van der Waals surface area contributed by atoms with Gasteiger partial charge in [0, 0.05) is 28.9 Å². The van der Waals surface area contributed by atoms with Gasteiger partial charge in [-0.1, -0.05) is 23.2 Å². The second-order valence-electron chi connectivity index (χ2n) is 3.76. The van der Waals surface area contributed by atoms with E-state index in [-0.39, 0.29) is 5.56 Å². The van der Waals surface area contributed by atoms with Crippen molar-refractivity contribution in [2.75, 3.05) is 0 Å². The van der Waals surface area contributed by atoms with Crippen LogP contribution >= 0.6 is 23.2 Å². The van der Waals surface area contributed by atoms with Gasteiger partial charge in [0.2, 0.25) is 0 Å². The van der Waals surface area contributed by atoms with Gasteiger partial charge in [-0.05, 0) is 18.2 Å². The standard InChI is InChI=1S/C12H7Cl2N3O/c13-7-1-2-9(14)8(5-7)10-6-12(18)17-11(16-10)3-4-15-17/h1-6,15H. The van der Waals surface area contributed by atoms with Crippen molar-refractivity contribution < 1.29 is 0 Å². The van der Waals surface area contributed by atoms with E-state index < -0.39 is 0 Å². The number of H-pyrrole nitrogens is 1. The number of rotatable bonds is 1. The molecule has 0 spiro atoms. The number of halogens is 2. The molecule has 0 saturated carbocycles. The lowest BCUT2D eigenvalue weighted by Gasteiger charge is -2.04. The van der Waals surface area contributed by atoms with E-state index in [2.05, 4.69) is 10.1 Å². The summed E-state index contributed by atoms with van der Waals surface area (Å²) >= 11 is 12.0. The van der Waals surface area contributed by atoms with Crippen LogP contribution in [0.15, 0.2) is 41.3 Å². The minimum atomic E-state index is -0.198. The highest BCUT2D eigenvalue weighted by molar-refractivity contribution is 6.35. The molecule has 0 amide bonds. The molecule has 3 rings (SSSR count). The molecule has 4 nitrogen and oxygen atoms in total. The maximum Gasteiger partial charge on any atom is 0.273 e. The lowest BCUT2D eigenvalue weighted by Crippen LogP contribution is -2.14. The topological polar surface area (TPSA) is 50.2 Å². The van der Waals surface area contributed by atoms with E-state index in [1.807, 2.05) is 0 Å². The van der Waals surface area contributed by atoms with Crippen LogP contribution in [0.3, 0.4) is 0 Å². The number of aromatic amines is 1. The van der Waals surface area contributed by atoms with Crippen molar-refractivity contribution in [2.24, 2.45) is 0 Å². The number of hydrogen-bond donors (Lipinski definition) is 1. The van der Waals surface area contributed by atoms with Gasteiger partial charge in [0.05, 0.1) is 10.7 Å². The van der Waals surface area contributed by atoms with Crippen LogP contribution in [0.4, 0.5) is 0 Å². The lowest BCUT2D eigenvalue weighted by atomic mass is 10.1. The summed E-state index contributed by atoms with van der Waals surface area (Å²) in [5.74, 6) is 0. The molecule has 0 saturated heterocycles. The monoisotopic (exact) mass is 279 g/mol. The van der Waals surface area contributed by atoms with E-state index in [1.54, 1.807) is 30.5 Å². The van der Waals surface area contributed by atoms with Crippen molar-refractivity contribution >= 4 is 28.8 Å². The molecule has 1 N–H and O–H groups in total. The minimum Gasteiger partial charge on any atom is -0.297 e. The van der Waals surface area contributed by atoms with E-state index in [0.717, 1.165) is 0 Å². The highest BCUT2D eigenvalue weighted by Gasteiger charge is 2.09. The van der Waals surface area contributed by atoms with Crippen LogP contribution in [0, 0.1) is 0 Å². The van der Waals surface area contributed by atoms with E-state index >= 15 is 0 Å². The Labute approximate surface area is 112 Å². The fourth-order valence-corrected chi connectivity index (χ4v) is 2.15. The Bertz CT molecular complexity index is 791. The Morgan fingerprint density at radius 3 is 2.83 bits per heavy atom. The van der Waals surface area contributed by atoms with Gasteiger partial charge in [-0.2, -0.15) is 0 Å². The number of hydrogen-bond acceptors (Lipinski definition) is 2. The van der Waals surface area contributed by atoms with Crippen LogP contribution in [-0.4, -0.2) is 14.6 Å². The Kier molecular flexibility index (Phi) is 2.61. The third kappa shape index (κ3) is 1.79. The summed E-state index contributed by atoms with van der Waals surface area (Å²) in [6, 6.07) is 8.19. The molecule has 0 bridgehead atoms. The molecule has 18 heavy (non-hydrogen) atoms. The van der Waals surface area contributed by atoms with Crippen LogP contribution in [-0.2, 0) is 0 Å². The van der Waals surface area contributed by atoms with Gasteiger partial charge in [-0.25, -0.2) is 9.50 Å². The third-order valence-corrected chi connectivity index (χ3v) is 3.15. The van der Waals surface area contributed by atoms with Crippen LogP contribution in [0.2, 0.25) is 10.0 Å². The van der Waals surface area contributed by atoms with Gasteiger partial charge in [0.15, 0.2) is 5.65 Å². The van der Waals surface area contributed by atoms with Crippen molar-refractivity contribution in [3.05, 3.63) is 56.9 Å². The minimum absolute atomic E-state index is 0.198. The Morgan fingerprint density at radius 1 is 1.17 bits per heavy atom. The predicted octanol–water partition coefficient (Wildman–Crippen LogP) is 3.00. The normalized spacial score (nSPS) is 11.0. The van der Waals surface area contributed by atoms with E-state index in [9.17, 15) is 4.79 Å². The van der Waals surface area contributed by atoms with Crippen LogP contribution in [0.1, 0.15) is 0 Å². The SMILES string of the molecule is O=c1cc(-c2cc(Cl)ccc2Cl)nc2cc[nH]n12. The van der Waals surface area contributed by atoms with Crippen LogP contribution < -0.4 is 5.56 Å². The molecule has 0 radical (unpaired) electrons. The van der Waals surface area contributed by atoms with Crippen molar-refractivity contribution in [1.82, 2.24) is 14.6 Å². The second kappa shape index (κ2) is 4.15. The Morgan fingerprint density at radius 2 is 2.00 bits per heavy atom. The molecule has 90 valence electrons. The van der Waals surface area contributed by atoms with Gasteiger partial charge in [-0.3, -0.25) is 9.89 Å². The summed E-state index contributed by atoms with van der Waals surface area (Å²) in [5.41, 5.74) is 1.49. The third-order valence-electron chi connectivity index (χ3n) is 2.59. The van der Waals surface area contributed by atoms with Gasteiger partial charge in [-0.15, -0.1) is 0 Å². The second-order valence-corrected chi connectivity index (χ2v) is 4.60. The molecule has 0 atom stereocenters. The molecule has 6 heteroatoms. The van der Waals surface area contributed by atoms with E-state index in [1.165, 1.54) is 10.6 Å². The zero-order valence-corrected chi connectivity index (χ0v) is 10.5. The first-order valence-corrected chi connectivity index (χ1v) is 5.93. The molecule has 2 aromatic heterocycles. The van der Waals surface area contributed by atoms with Crippen molar-refractivity contribution in [3.8, 4) is 11.3 Å². The average Bonchev–Trinajstić information content (AvgIpc) is 2.81. The molecular formula is C12H7Cl2N3O. The Balaban J connectivity index is 2.31. The summed E-state index contributed by atoms with van der Waals surface area (Å²) in [6.45, 7) is 0. The van der Waals surface area contributed by atoms with E-state index in [0.29, 0.717) is 26.9 Å². The van der Waals surface area contributed by atoms with Crippen LogP contribution in [0.5, 0.6) is 0 Å². The fourth-order valence-electron chi connectivity index (χ4n) is 1.76. The fraction of sp³-hybridized carbons (Fsp3) is 0. The molecule has 1 aromatic carbocycles. The molecule has 0 unspecified atom stereocenters. The molecule has 0 aliphatic carbocycles. The highest BCUT2D eigenvalue weighted by atomic mass is 35.5. The van der Waals surface area contributed by atoms with Gasteiger partial charge >= 0.3 is 0 Å². The molecular weight excluding hydrogens is 273 g/mol. The first-order valence-electron chi connectivity index (χ1n) is 5.18. The number of benzene rings is 1. The summed E-state index contributed by atoms with van der Waals surface area (Å²) in [5, 5.41) is 3.83. The molecule has 0 fully saturated rings.